The molecule has 0 saturated carbocycles. The van der Waals surface area contributed by atoms with Gasteiger partial charge < -0.3 is 10.4 Å². The van der Waals surface area contributed by atoms with Crippen LogP contribution in [-0.2, 0) is 0 Å². The molecule has 0 aliphatic rings. The Kier molecular flexibility index (Phi) is 3.83. The molecular formula is C6H17NO. The smallest absolute Gasteiger partial charge is 0.0636 e. The van der Waals surface area contributed by atoms with Crippen molar-refractivity contribution in [2.45, 2.75) is 32.9 Å². The van der Waals surface area contributed by atoms with Gasteiger partial charge in [0, 0.05) is 14.0 Å². The van der Waals surface area contributed by atoms with Crippen LogP contribution in [0.2, 0.25) is 0 Å². The molecule has 0 amide bonds. The summed E-state index contributed by atoms with van der Waals surface area (Å²) in [6.45, 7) is 6.58. The number of nitrogens with one attached hydrogen (secondary N) is 1. The summed E-state index contributed by atoms with van der Waals surface area (Å²) in [6.07, 6.45) is -0.225. The first-order chi connectivity index (χ1) is 3.63. The molecule has 0 aromatic rings. The molecule has 0 radical (unpaired) electrons. The van der Waals surface area contributed by atoms with Gasteiger partial charge in [-0.3, -0.25) is 0 Å². The highest BCUT2D eigenvalue weighted by molar-refractivity contribution is 4.55. The molecule has 8 heavy (non-hydrogen) atoms. The van der Waals surface area contributed by atoms with Gasteiger partial charge in [0.15, 0.2) is 0 Å². The Labute approximate surface area is 52.4 Å². The van der Waals surface area contributed by atoms with Crippen molar-refractivity contribution in [3.8, 4) is 0 Å². The van der Waals surface area contributed by atoms with Gasteiger partial charge in [-0.2, -0.15) is 0 Å². The third kappa shape index (κ3) is 5.92. The van der Waals surface area contributed by atoms with E-state index in [0.717, 1.165) is 0 Å². The van der Waals surface area contributed by atoms with Crippen LogP contribution in [0.25, 0.3) is 0 Å². The van der Waals surface area contributed by atoms with E-state index >= 15 is 0 Å². The van der Waals surface area contributed by atoms with Crippen LogP contribution in [-0.4, -0.2) is 23.8 Å². The third-order valence-electron chi connectivity index (χ3n) is 0.822. The quantitative estimate of drug-likeness (QED) is 0.570. The Morgan fingerprint density at radius 1 is 1.50 bits per heavy atom. The summed E-state index contributed by atoms with van der Waals surface area (Å²) in [5.74, 6) is 0. The molecule has 1 atom stereocenters. The molecule has 0 aromatic carbocycles. The lowest BCUT2D eigenvalue weighted by atomic mass is 10.3. The van der Waals surface area contributed by atoms with Gasteiger partial charge in [-0.25, -0.2) is 0 Å². The maximum atomic E-state index is 8.74. The van der Waals surface area contributed by atoms with E-state index in [1.54, 1.807) is 6.92 Å². The normalized spacial score (nSPS) is 14.6. The van der Waals surface area contributed by atoms with Gasteiger partial charge in [0.2, 0.25) is 0 Å². The van der Waals surface area contributed by atoms with Gasteiger partial charge in [0.25, 0.3) is 0 Å². The van der Waals surface area contributed by atoms with E-state index in [2.05, 4.69) is 19.2 Å². The van der Waals surface area contributed by atoms with Crippen LogP contribution in [0.15, 0.2) is 0 Å². The molecule has 2 N–H and O–H groups in total. The molecule has 2 nitrogen and oxygen atoms in total. The van der Waals surface area contributed by atoms with Gasteiger partial charge in [-0.1, -0.05) is 13.8 Å². The molecule has 0 rings (SSSR count). The highest BCUT2D eigenvalue weighted by Gasteiger charge is 1.94. The summed E-state index contributed by atoms with van der Waals surface area (Å²) < 4.78 is 0. The monoisotopic (exact) mass is 119 g/mol. The van der Waals surface area contributed by atoms with Gasteiger partial charge in [0.05, 0.1) is 6.10 Å². The highest BCUT2D eigenvalue weighted by Crippen LogP contribution is 1.78. The van der Waals surface area contributed by atoms with Crippen molar-refractivity contribution < 1.29 is 6.53 Å². The molecule has 2 heteroatoms. The molecule has 0 aromatic heterocycles. The second-order valence-electron chi connectivity index (χ2n) is 2.41. The van der Waals surface area contributed by atoms with E-state index in [9.17, 15) is 0 Å². The number of hydrogen-bond donors (Lipinski definition) is 2. The lowest BCUT2D eigenvalue weighted by molar-refractivity contribution is 0.188. The minimum absolute atomic E-state index is 0. The lowest BCUT2D eigenvalue weighted by Gasteiger charge is -2.08. The van der Waals surface area contributed by atoms with Crippen molar-refractivity contribution in [3.63, 3.8) is 0 Å². The fourth-order valence-corrected chi connectivity index (χ4v) is 0.406. The molecule has 1 unspecified atom stereocenters. The molecule has 0 fully saturated rings. The van der Waals surface area contributed by atoms with Crippen LogP contribution >= 0.6 is 0 Å². The zero-order valence-electron chi connectivity index (χ0n) is 5.81. The fraction of sp³-hybridized carbons (Fsp3) is 1.00. The van der Waals surface area contributed by atoms with Gasteiger partial charge in [-0.05, 0) is 6.92 Å². The van der Waals surface area contributed by atoms with E-state index in [1.165, 1.54) is 0 Å². The van der Waals surface area contributed by atoms with Crippen LogP contribution in [0.4, 0.5) is 0 Å². The van der Waals surface area contributed by atoms with Crippen molar-refractivity contribution in [1.29, 1.82) is 0 Å². The maximum Gasteiger partial charge on any atom is 0.0636 e. The molecule has 0 aliphatic heterocycles. The fourth-order valence-electron chi connectivity index (χ4n) is 0.406. The number of hydrogen-bond acceptors (Lipinski definition) is 2. The lowest BCUT2D eigenvalue weighted by Crippen LogP contribution is -2.30. The van der Waals surface area contributed by atoms with E-state index in [0.29, 0.717) is 12.6 Å². The Morgan fingerprint density at radius 2 is 2.00 bits per heavy atom. The summed E-state index contributed by atoms with van der Waals surface area (Å²) in [7, 11) is 0. The van der Waals surface area contributed by atoms with Gasteiger partial charge in [0.1, 0.15) is 0 Å². The largest absolute Gasteiger partial charge is 0.392 e. The predicted octanol–water partition coefficient (Wildman–Crippen LogP) is 0.611. The minimum Gasteiger partial charge on any atom is -0.392 e. The van der Waals surface area contributed by atoms with E-state index in [4.69, 9.17) is 5.11 Å². The molecular weight excluding hydrogens is 102 g/mol. The second-order valence-corrected chi connectivity index (χ2v) is 2.41. The Balaban J connectivity index is 0. The van der Waals surface area contributed by atoms with Crippen LogP contribution in [0.3, 0.4) is 0 Å². The van der Waals surface area contributed by atoms with Crippen LogP contribution in [0, 0.1) is 0 Å². The first-order valence-electron chi connectivity index (χ1n) is 3.04. The van der Waals surface area contributed by atoms with Gasteiger partial charge in [-0.15, -0.1) is 0 Å². The first kappa shape index (κ1) is 7.92. The summed E-state index contributed by atoms with van der Waals surface area (Å²) in [4.78, 5) is 0. The third-order valence-corrected chi connectivity index (χ3v) is 0.822. The van der Waals surface area contributed by atoms with Crippen molar-refractivity contribution >= 4 is 0 Å². The highest BCUT2D eigenvalue weighted by atomic mass is 16.3. The second kappa shape index (κ2) is 3.87. The topological polar surface area (TPSA) is 32.3 Å². The summed E-state index contributed by atoms with van der Waals surface area (Å²) >= 11 is 0. The molecule has 0 saturated heterocycles. The summed E-state index contributed by atoms with van der Waals surface area (Å²) in [5.41, 5.74) is 0. The zero-order chi connectivity index (χ0) is 6.57. The average Bonchev–Trinajstić information content (AvgIpc) is 1.61. The first-order valence-corrected chi connectivity index (χ1v) is 3.04. The minimum atomic E-state index is -0.225. The van der Waals surface area contributed by atoms with E-state index in [-0.39, 0.29) is 7.53 Å². The molecule has 0 bridgehead atoms. The van der Waals surface area contributed by atoms with Crippen LogP contribution in [0.1, 0.15) is 22.2 Å². The predicted molar refractivity (Wildman–Crippen MR) is 36.9 cm³/mol. The van der Waals surface area contributed by atoms with Crippen LogP contribution in [0.5, 0.6) is 0 Å². The summed E-state index contributed by atoms with van der Waals surface area (Å²) in [6, 6.07) is 0.476. The molecule has 0 spiro atoms. The van der Waals surface area contributed by atoms with Crippen molar-refractivity contribution in [2.75, 3.05) is 6.54 Å². The molecule has 52 valence electrons. The van der Waals surface area contributed by atoms with E-state index < -0.39 is 0 Å². The SMILES string of the molecule is CC(O)CNC(C)C.[HH]. The average molecular weight is 119 g/mol. The Hall–Kier alpha value is -0.0800. The summed E-state index contributed by atoms with van der Waals surface area (Å²) in [5, 5.41) is 11.8. The van der Waals surface area contributed by atoms with E-state index in [1.807, 2.05) is 0 Å². The van der Waals surface area contributed by atoms with Gasteiger partial charge >= 0.3 is 0 Å². The number of rotatable bonds is 3. The number of aliphatic hydroxyl groups is 1. The van der Waals surface area contributed by atoms with Crippen molar-refractivity contribution in [3.05, 3.63) is 0 Å². The van der Waals surface area contributed by atoms with Crippen LogP contribution < -0.4 is 5.32 Å². The Bertz CT molecular complexity index is 49.0. The standard InChI is InChI=1S/C6H15NO.H2/c1-5(2)7-4-6(3)8;/h5-8H,4H2,1-3H3;1H. The Morgan fingerprint density at radius 3 is 2.12 bits per heavy atom. The van der Waals surface area contributed by atoms with Crippen molar-refractivity contribution in [2.24, 2.45) is 0 Å². The number of aliphatic hydroxyl groups excluding tert-OH is 1. The maximum absolute atomic E-state index is 8.74. The zero-order valence-corrected chi connectivity index (χ0v) is 5.81. The molecule has 0 heterocycles. The van der Waals surface area contributed by atoms with Crippen molar-refractivity contribution in [1.82, 2.24) is 5.32 Å². The molecule has 0 aliphatic carbocycles.